The van der Waals surface area contributed by atoms with Gasteiger partial charge in [-0.3, -0.25) is 0 Å². The van der Waals surface area contributed by atoms with Crippen LogP contribution in [0.25, 0.3) is 0 Å². The zero-order chi connectivity index (χ0) is 12.8. The molecule has 1 aromatic rings. The molecule has 0 aliphatic carbocycles. The number of nitrogens with zero attached hydrogens (tertiary/aromatic N) is 2. The Balaban J connectivity index is 2.64. The zero-order valence-electron chi connectivity index (χ0n) is 11.7. The Morgan fingerprint density at radius 1 is 1.35 bits per heavy atom. The fraction of sp³-hybridized carbons (Fsp3) is 0.533. The third kappa shape index (κ3) is 5.03. The summed E-state index contributed by atoms with van der Waals surface area (Å²) in [4.78, 5) is 6.55. The van der Waals surface area contributed by atoms with Gasteiger partial charge >= 0.3 is 0 Å². The van der Waals surface area contributed by atoms with Crippen molar-refractivity contribution in [2.45, 2.75) is 40.5 Å². The number of aromatic nitrogens is 1. The molecule has 0 saturated carbocycles. The van der Waals surface area contributed by atoms with Gasteiger partial charge in [0.1, 0.15) is 5.82 Å². The molecule has 94 valence electrons. The Morgan fingerprint density at radius 3 is 2.53 bits per heavy atom. The monoisotopic (exact) mass is 232 g/mol. The topological polar surface area (TPSA) is 16.1 Å². The summed E-state index contributed by atoms with van der Waals surface area (Å²) in [5, 5.41) is 0. The lowest BCUT2D eigenvalue weighted by molar-refractivity contribution is 0.586. The van der Waals surface area contributed by atoms with Crippen molar-refractivity contribution in [1.29, 1.82) is 0 Å². The van der Waals surface area contributed by atoms with Gasteiger partial charge in [-0.1, -0.05) is 25.5 Å². The molecule has 17 heavy (non-hydrogen) atoms. The van der Waals surface area contributed by atoms with Crippen molar-refractivity contribution in [2.75, 3.05) is 11.9 Å². The molecule has 0 amide bonds. The first kappa shape index (κ1) is 13.8. The molecule has 0 unspecified atom stereocenters. The summed E-state index contributed by atoms with van der Waals surface area (Å²) < 4.78 is 0. The van der Waals surface area contributed by atoms with E-state index in [-0.39, 0.29) is 0 Å². The third-order valence-corrected chi connectivity index (χ3v) is 2.63. The number of hydrogen-bond donors (Lipinski definition) is 0. The zero-order valence-corrected chi connectivity index (χ0v) is 11.7. The van der Waals surface area contributed by atoms with Crippen molar-refractivity contribution in [3.63, 3.8) is 0 Å². The Kier molecular flexibility index (Phi) is 5.20. The molecule has 0 spiro atoms. The van der Waals surface area contributed by atoms with Crippen LogP contribution in [-0.2, 0) is 6.42 Å². The van der Waals surface area contributed by atoms with Crippen LogP contribution in [0.15, 0.2) is 30.1 Å². The first-order valence-corrected chi connectivity index (χ1v) is 6.32. The van der Waals surface area contributed by atoms with Gasteiger partial charge in [0.05, 0.1) is 0 Å². The minimum absolute atomic E-state index is 0.753. The normalized spacial score (nSPS) is 10.5. The van der Waals surface area contributed by atoms with Gasteiger partial charge in [0.25, 0.3) is 0 Å². The highest BCUT2D eigenvalue weighted by molar-refractivity contribution is 5.42. The van der Waals surface area contributed by atoms with Gasteiger partial charge in [-0.05, 0) is 44.2 Å². The maximum atomic E-state index is 4.49. The summed E-state index contributed by atoms with van der Waals surface area (Å²) in [6.45, 7) is 8.69. The van der Waals surface area contributed by atoms with E-state index < -0.39 is 0 Å². The molecule has 1 heterocycles. The lowest BCUT2D eigenvalue weighted by Crippen LogP contribution is -2.10. The SMILES string of the molecule is CC(C)=CN(C)c1ccc(CCC(C)C)cn1. The van der Waals surface area contributed by atoms with E-state index in [0.29, 0.717) is 0 Å². The minimum atomic E-state index is 0.753. The fourth-order valence-electron chi connectivity index (χ4n) is 1.68. The predicted molar refractivity (Wildman–Crippen MR) is 75.2 cm³/mol. The summed E-state index contributed by atoms with van der Waals surface area (Å²) >= 11 is 0. The first-order valence-electron chi connectivity index (χ1n) is 6.32. The van der Waals surface area contributed by atoms with E-state index >= 15 is 0 Å². The summed E-state index contributed by atoms with van der Waals surface area (Å²) in [5.41, 5.74) is 2.60. The molecule has 0 aliphatic heterocycles. The number of anilines is 1. The average molecular weight is 232 g/mol. The maximum Gasteiger partial charge on any atom is 0.132 e. The Hall–Kier alpha value is -1.31. The van der Waals surface area contributed by atoms with Crippen LogP contribution in [0, 0.1) is 5.92 Å². The summed E-state index contributed by atoms with van der Waals surface area (Å²) in [6.07, 6.45) is 6.44. The molecular formula is C15H24N2. The van der Waals surface area contributed by atoms with Crippen LogP contribution in [-0.4, -0.2) is 12.0 Å². The van der Waals surface area contributed by atoms with Gasteiger partial charge in [0.2, 0.25) is 0 Å². The van der Waals surface area contributed by atoms with Gasteiger partial charge in [-0.2, -0.15) is 0 Å². The predicted octanol–water partition coefficient (Wildman–Crippen LogP) is 4.03. The molecular weight excluding hydrogens is 208 g/mol. The number of hydrogen-bond acceptors (Lipinski definition) is 2. The molecule has 0 aromatic carbocycles. The summed E-state index contributed by atoms with van der Waals surface area (Å²) in [7, 11) is 2.03. The minimum Gasteiger partial charge on any atom is -0.336 e. The van der Waals surface area contributed by atoms with Crippen LogP contribution in [0.4, 0.5) is 5.82 Å². The van der Waals surface area contributed by atoms with E-state index in [1.165, 1.54) is 17.6 Å². The van der Waals surface area contributed by atoms with Gasteiger partial charge in [0, 0.05) is 19.4 Å². The molecule has 1 aromatic heterocycles. The quantitative estimate of drug-likeness (QED) is 0.762. The summed E-state index contributed by atoms with van der Waals surface area (Å²) in [6, 6.07) is 4.27. The lowest BCUT2D eigenvalue weighted by atomic mass is 10.0. The highest BCUT2D eigenvalue weighted by atomic mass is 15.1. The van der Waals surface area contributed by atoms with E-state index in [0.717, 1.165) is 18.2 Å². The molecule has 0 N–H and O–H groups in total. The largest absolute Gasteiger partial charge is 0.336 e. The Labute approximate surface area is 105 Å². The second-order valence-electron chi connectivity index (χ2n) is 5.27. The van der Waals surface area contributed by atoms with Crippen LogP contribution in [0.1, 0.15) is 39.7 Å². The van der Waals surface area contributed by atoms with Gasteiger partial charge in [0.15, 0.2) is 0 Å². The summed E-state index contributed by atoms with van der Waals surface area (Å²) in [5.74, 6) is 1.75. The van der Waals surface area contributed by atoms with E-state index in [1.54, 1.807) is 0 Å². The van der Waals surface area contributed by atoms with E-state index in [2.05, 4.69) is 55.9 Å². The van der Waals surface area contributed by atoms with E-state index in [1.807, 2.05) is 13.2 Å². The average Bonchev–Trinajstić information content (AvgIpc) is 2.26. The first-order chi connectivity index (χ1) is 7.99. The molecule has 1 rings (SSSR count). The standard InChI is InChI=1S/C15H24N2/c1-12(2)6-7-14-8-9-15(16-10-14)17(5)11-13(3)4/h8-12H,6-7H2,1-5H3. The van der Waals surface area contributed by atoms with E-state index in [4.69, 9.17) is 0 Å². The van der Waals surface area contributed by atoms with Crippen LogP contribution in [0.2, 0.25) is 0 Å². The number of rotatable bonds is 5. The molecule has 0 fully saturated rings. The van der Waals surface area contributed by atoms with Gasteiger partial charge in [-0.15, -0.1) is 0 Å². The molecule has 2 heteroatoms. The molecule has 0 aliphatic rings. The van der Waals surface area contributed by atoms with Crippen molar-refractivity contribution >= 4 is 5.82 Å². The second kappa shape index (κ2) is 6.43. The van der Waals surface area contributed by atoms with Crippen LogP contribution in [0.3, 0.4) is 0 Å². The van der Waals surface area contributed by atoms with Crippen LogP contribution in [0.5, 0.6) is 0 Å². The van der Waals surface area contributed by atoms with Crippen molar-refractivity contribution in [1.82, 2.24) is 4.98 Å². The number of pyridine rings is 1. The van der Waals surface area contributed by atoms with Crippen molar-refractivity contribution in [3.05, 3.63) is 35.7 Å². The number of allylic oxidation sites excluding steroid dienone is 1. The molecule has 0 atom stereocenters. The van der Waals surface area contributed by atoms with Gasteiger partial charge < -0.3 is 4.90 Å². The smallest absolute Gasteiger partial charge is 0.132 e. The van der Waals surface area contributed by atoms with Crippen LogP contribution >= 0.6 is 0 Å². The lowest BCUT2D eigenvalue weighted by Gasteiger charge is -2.14. The molecule has 0 saturated heterocycles. The van der Waals surface area contributed by atoms with Gasteiger partial charge in [-0.25, -0.2) is 4.98 Å². The molecule has 0 radical (unpaired) electrons. The highest BCUT2D eigenvalue weighted by Crippen LogP contribution is 2.13. The molecule has 0 bridgehead atoms. The number of aryl methyl sites for hydroxylation is 1. The van der Waals surface area contributed by atoms with E-state index in [9.17, 15) is 0 Å². The van der Waals surface area contributed by atoms with Crippen molar-refractivity contribution in [3.8, 4) is 0 Å². The highest BCUT2D eigenvalue weighted by Gasteiger charge is 2.01. The van der Waals surface area contributed by atoms with Crippen LogP contribution < -0.4 is 4.90 Å². The third-order valence-electron chi connectivity index (χ3n) is 2.63. The Bertz CT molecular complexity index is 359. The Morgan fingerprint density at radius 2 is 2.06 bits per heavy atom. The second-order valence-corrected chi connectivity index (χ2v) is 5.27. The van der Waals surface area contributed by atoms with Crippen molar-refractivity contribution < 1.29 is 0 Å². The maximum absolute atomic E-state index is 4.49. The fourth-order valence-corrected chi connectivity index (χ4v) is 1.68. The van der Waals surface area contributed by atoms with Crippen molar-refractivity contribution in [2.24, 2.45) is 5.92 Å². The molecule has 2 nitrogen and oxygen atoms in total.